The highest BCUT2D eigenvalue weighted by Crippen LogP contribution is 2.26. The Kier molecular flexibility index (Phi) is 6.26. The van der Waals surface area contributed by atoms with Gasteiger partial charge in [0.25, 0.3) is 0 Å². The molecule has 1 fully saturated rings. The molecule has 0 saturated carbocycles. The number of piperidine rings is 1. The van der Waals surface area contributed by atoms with Crippen molar-refractivity contribution in [2.24, 2.45) is 5.92 Å². The van der Waals surface area contributed by atoms with Crippen LogP contribution in [0.15, 0.2) is 41.3 Å². The van der Waals surface area contributed by atoms with Crippen molar-refractivity contribution in [1.29, 1.82) is 0 Å². The monoisotopic (exact) mass is 472 g/mol. The minimum atomic E-state index is -3.61. The van der Waals surface area contributed by atoms with Crippen LogP contribution < -0.4 is 5.32 Å². The first-order chi connectivity index (χ1) is 15.7. The molecule has 174 valence electrons. The van der Waals surface area contributed by atoms with Gasteiger partial charge in [-0.05, 0) is 85.5 Å². The number of carbonyl (C=O) groups is 1. The molecule has 0 atom stereocenters. The van der Waals surface area contributed by atoms with E-state index in [1.54, 1.807) is 25.1 Å². The summed E-state index contributed by atoms with van der Waals surface area (Å²) in [5.74, 6) is -0.688. The fourth-order valence-electron chi connectivity index (χ4n) is 3.83. The molecule has 2 aromatic carbocycles. The van der Waals surface area contributed by atoms with Gasteiger partial charge >= 0.3 is 0 Å². The Morgan fingerprint density at radius 2 is 1.79 bits per heavy atom. The van der Waals surface area contributed by atoms with Gasteiger partial charge in [0.15, 0.2) is 5.82 Å². The van der Waals surface area contributed by atoms with Crippen molar-refractivity contribution >= 4 is 21.6 Å². The number of sulfonamides is 1. The number of hydrogen-bond donors (Lipinski definition) is 1. The van der Waals surface area contributed by atoms with E-state index in [1.807, 2.05) is 13.8 Å². The molecule has 33 heavy (non-hydrogen) atoms. The number of benzene rings is 2. The minimum absolute atomic E-state index is 0.129. The SMILES string of the molecule is Cc1ccc(S(=O)(=O)N2CCC(C(=O)Nc3ccc(F)c(-n4nnnc4C)c3)CC2)cc1C. The topological polar surface area (TPSA) is 110 Å². The van der Waals surface area contributed by atoms with E-state index in [0.29, 0.717) is 24.4 Å². The predicted octanol–water partition coefficient (Wildman–Crippen LogP) is 2.77. The fraction of sp³-hybridized carbons (Fsp3) is 0.364. The van der Waals surface area contributed by atoms with Crippen LogP contribution in [0.25, 0.3) is 5.69 Å². The highest BCUT2D eigenvalue weighted by atomic mass is 32.2. The molecule has 11 heteroatoms. The Balaban J connectivity index is 1.42. The molecule has 1 aliphatic rings. The van der Waals surface area contributed by atoms with Crippen LogP contribution in [0.1, 0.15) is 29.8 Å². The molecule has 1 N–H and O–H groups in total. The number of amides is 1. The number of nitrogens with zero attached hydrogens (tertiary/aromatic N) is 5. The maximum atomic E-state index is 14.3. The lowest BCUT2D eigenvalue weighted by molar-refractivity contribution is -0.120. The van der Waals surface area contributed by atoms with Gasteiger partial charge in [-0.15, -0.1) is 5.10 Å². The van der Waals surface area contributed by atoms with Crippen molar-refractivity contribution in [2.45, 2.75) is 38.5 Å². The summed E-state index contributed by atoms with van der Waals surface area (Å²) < 4.78 is 42.9. The number of aryl methyl sites for hydroxylation is 3. The Morgan fingerprint density at radius 1 is 1.06 bits per heavy atom. The number of nitrogens with one attached hydrogen (secondary N) is 1. The van der Waals surface area contributed by atoms with E-state index < -0.39 is 15.8 Å². The first-order valence-electron chi connectivity index (χ1n) is 10.6. The molecule has 0 unspecified atom stereocenters. The van der Waals surface area contributed by atoms with E-state index in [0.717, 1.165) is 11.1 Å². The zero-order valence-electron chi connectivity index (χ0n) is 18.6. The molecular weight excluding hydrogens is 447 g/mol. The van der Waals surface area contributed by atoms with Crippen LogP contribution in [-0.4, -0.2) is 51.9 Å². The first-order valence-corrected chi connectivity index (χ1v) is 12.0. The lowest BCUT2D eigenvalue weighted by Gasteiger charge is -2.30. The smallest absolute Gasteiger partial charge is 0.243 e. The predicted molar refractivity (Wildman–Crippen MR) is 120 cm³/mol. The van der Waals surface area contributed by atoms with Gasteiger partial charge in [0.05, 0.1) is 4.90 Å². The second-order valence-corrected chi connectivity index (χ2v) is 10.2. The number of carbonyl (C=O) groups excluding carboxylic acids is 1. The number of aromatic nitrogens is 4. The van der Waals surface area contributed by atoms with Gasteiger partial charge in [-0.3, -0.25) is 4.79 Å². The largest absolute Gasteiger partial charge is 0.326 e. The minimum Gasteiger partial charge on any atom is -0.326 e. The van der Waals surface area contributed by atoms with Crippen molar-refractivity contribution in [3.05, 3.63) is 59.2 Å². The van der Waals surface area contributed by atoms with Crippen molar-refractivity contribution in [3.63, 3.8) is 0 Å². The van der Waals surface area contributed by atoms with Gasteiger partial charge in [0, 0.05) is 24.7 Å². The summed E-state index contributed by atoms with van der Waals surface area (Å²) in [6, 6.07) is 9.28. The third kappa shape index (κ3) is 4.64. The summed E-state index contributed by atoms with van der Waals surface area (Å²) in [5.41, 5.74) is 2.49. The Labute approximate surface area is 191 Å². The average Bonchev–Trinajstić information content (AvgIpc) is 3.22. The number of hydrogen-bond acceptors (Lipinski definition) is 6. The number of halogens is 1. The van der Waals surface area contributed by atoms with Gasteiger partial charge in [-0.2, -0.15) is 8.99 Å². The zero-order valence-corrected chi connectivity index (χ0v) is 19.4. The van der Waals surface area contributed by atoms with Crippen LogP contribution in [0, 0.1) is 32.5 Å². The number of rotatable bonds is 5. The van der Waals surface area contributed by atoms with Gasteiger partial charge in [-0.1, -0.05) is 6.07 Å². The molecule has 0 aliphatic carbocycles. The second-order valence-electron chi connectivity index (χ2n) is 8.22. The van der Waals surface area contributed by atoms with Crippen molar-refractivity contribution < 1.29 is 17.6 Å². The van der Waals surface area contributed by atoms with E-state index in [9.17, 15) is 17.6 Å². The van der Waals surface area contributed by atoms with Crippen LogP contribution in [0.4, 0.5) is 10.1 Å². The normalized spacial score (nSPS) is 15.5. The molecule has 2 heterocycles. The van der Waals surface area contributed by atoms with Crippen LogP contribution in [-0.2, 0) is 14.8 Å². The number of tetrazole rings is 1. The average molecular weight is 473 g/mol. The van der Waals surface area contributed by atoms with Crippen molar-refractivity contribution in [1.82, 2.24) is 24.5 Å². The molecule has 3 aromatic rings. The fourth-order valence-corrected chi connectivity index (χ4v) is 5.39. The highest BCUT2D eigenvalue weighted by Gasteiger charge is 2.32. The van der Waals surface area contributed by atoms with E-state index in [2.05, 4.69) is 20.8 Å². The summed E-state index contributed by atoms with van der Waals surface area (Å²) in [4.78, 5) is 13.1. The first kappa shape index (κ1) is 23.0. The van der Waals surface area contributed by atoms with Crippen LogP contribution >= 0.6 is 0 Å². The summed E-state index contributed by atoms with van der Waals surface area (Å²) in [6.45, 7) is 5.97. The van der Waals surface area contributed by atoms with Crippen LogP contribution in [0.2, 0.25) is 0 Å². The zero-order chi connectivity index (χ0) is 23.8. The standard InChI is InChI=1S/C22H25FN6O3S/c1-14-4-6-19(12-15(14)2)33(31,32)28-10-8-17(9-11-28)22(30)24-18-5-7-20(23)21(13-18)29-16(3)25-26-27-29/h4-7,12-13,17H,8-11H2,1-3H3,(H,24,30). The summed E-state index contributed by atoms with van der Waals surface area (Å²) in [5, 5.41) is 13.8. The van der Waals surface area contributed by atoms with E-state index in [1.165, 1.54) is 27.2 Å². The van der Waals surface area contributed by atoms with Gasteiger partial charge in [-0.25, -0.2) is 12.8 Å². The summed E-state index contributed by atoms with van der Waals surface area (Å²) >= 11 is 0. The Bertz CT molecular complexity index is 1300. The van der Waals surface area contributed by atoms with Gasteiger partial charge in [0.2, 0.25) is 15.9 Å². The van der Waals surface area contributed by atoms with E-state index in [-0.39, 0.29) is 35.5 Å². The molecule has 0 spiro atoms. The molecule has 0 radical (unpaired) electrons. The third-order valence-electron chi connectivity index (χ3n) is 6.01. The van der Waals surface area contributed by atoms with Crippen LogP contribution in [0.5, 0.6) is 0 Å². The van der Waals surface area contributed by atoms with E-state index >= 15 is 0 Å². The number of anilines is 1. The molecule has 9 nitrogen and oxygen atoms in total. The lowest BCUT2D eigenvalue weighted by Crippen LogP contribution is -2.41. The second kappa shape index (κ2) is 8.99. The lowest BCUT2D eigenvalue weighted by atomic mass is 9.97. The Hall–Kier alpha value is -3.18. The maximum absolute atomic E-state index is 14.3. The molecule has 4 rings (SSSR count). The molecule has 0 bridgehead atoms. The van der Waals surface area contributed by atoms with Crippen molar-refractivity contribution in [2.75, 3.05) is 18.4 Å². The quantitative estimate of drug-likeness (QED) is 0.611. The Morgan fingerprint density at radius 3 is 2.42 bits per heavy atom. The molecule has 1 aliphatic heterocycles. The van der Waals surface area contributed by atoms with Crippen molar-refractivity contribution in [3.8, 4) is 5.69 Å². The van der Waals surface area contributed by atoms with Crippen LogP contribution in [0.3, 0.4) is 0 Å². The van der Waals surface area contributed by atoms with Gasteiger partial charge < -0.3 is 5.32 Å². The molecule has 1 amide bonds. The molecular formula is C22H25FN6O3S. The van der Waals surface area contributed by atoms with E-state index in [4.69, 9.17) is 0 Å². The highest BCUT2D eigenvalue weighted by molar-refractivity contribution is 7.89. The molecule has 1 aromatic heterocycles. The van der Waals surface area contributed by atoms with Gasteiger partial charge in [0.1, 0.15) is 11.5 Å². The third-order valence-corrected chi connectivity index (χ3v) is 7.90. The maximum Gasteiger partial charge on any atom is 0.243 e. The molecule has 1 saturated heterocycles. The summed E-state index contributed by atoms with van der Waals surface area (Å²) in [7, 11) is -3.61. The summed E-state index contributed by atoms with van der Waals surface area (Å²) in [6.07, 6.45) is 0.798.